The average Bonchev–Trinajstić information content (AvgIpc) is 3.46. The highest BCUT2D eigenvalue weighted by Crippen LogP contribution is 2.49. The number of benzene rings is 2. The molecule has 188 valence electrons. The fourth-order valence-corrected chi connectivity index (χ4v) is 7.91. The highest BCUT2D eigenvalue weighted by Gasteiger charge is 2.43. The van der Waals surface area contributed by atoms with Gasteiger partial charge in [0.25, 0.3) is 21.9 Å². The lowest BCUT2D eigenvalue weighted by Gasteiger charge is -2.27. The Morgan fingerprint density at radius 2 is 1.83 bits per heavy atom. The molecule has 35 heavy (non-hydrogen) atoms. The lowest BCUT2D eigenvalue weighted by molar-refractivity contribution is -0.0435. The van der Waals surface area contributed by atoms with E-state index in [2.05, 4.69) is 0 Å². The van der Waals surface area contributed by atoms with Crippen LogP contribution in [0.5, 0.6) is 0 Å². The lowest BCUT2D eigenvalue weighted by Crippen LogP contribution is -2.42. The number of carbonyl (C=O) groups is 2. The topological polar surface area (TPSA) is 99.2 Å². The number of fused-ring (bicyclic) bond motifs is 2. The lowest BCUT2D eigenvalue weighted by atomic mass is 9.90. The van der Waals surface area contributed by atoms with Gasteiger partial charge in [-0.15, -0.1) is 21.1 Å². The number of thioether (sulfide) groups is 1. The molecule has 2 aliphatic carbocycles. The van der Waals surface area contributed by atoms with Gasteiger partial charge in [-0.1, -0.05) is 18.6 Å². The Morgan fingerprint density at radius 3 is 2.54 bits per heavy atom. The standard InChI is InChI=1S/C25H29NO7S2/c1-2-31-15-32-10-11-34-22-9-8-21-23-19(22)4-3-5-20(23)24(27)26(25(21)28)33-35(29,30)14-18-13-16-6-7-17(18)12-16/h3-5,8-9,16-18H,2,6-7,10-15H2,1H3. The van der Waals surface area contributed by atoms with E-state index in [0.717, 1.165) is 36.0 Å². The minimum Gasteiger partial charge on any atom is -0.356 e. The van der Waals surface area contributed by atoms with Crippen LogP contribution >= 0.6 is 11.8 Å². The molecule has 0 saturated heterocycles. The van der Waals surface area contributed by atoms with Crippen LogP contribution in [0.25, 0.3) is 10.8 Å². The van der Waals surface area contributed by atoms with E-state index in [4.69, 9.17) is 13.8 Å². The van der Waals surface area contributed by atoms with Crippen molar-refractivity contribution in [1.82, 2.24) is 5.06 Å². The normalized spacial score (nSPS) is 23.6. The second kappa shape index (κ2) is 10.2. The van der Waals surface area contributed by atoms with E-state index in [1.807, 2.05) is 19.1 Å². The molecular formula is C25H29NO7S2. The number of amides is 2. The zero-order chi connectivity index (χ0) is 24.6. The maximum atomic E-state index is 13.2. The van der Waals surface area contributed by atoms with Gasteiger partial charge in [-0.05, 0) is 67.5 Å². The third kappa shape index (κ3) is 4.99. The monoisotopic (exact) mass is 519 g/mol. The molecule has 2 fully saturated rings. The first-order chi connectivity index (χ1) is 16.9. The van der Waals surface area contributed by atoms with Crippen molar-refractivity contribution in [3.05, 3.63) is 41.5 Å². The van der Waals surface area contributed by atoms with Crippen molar-refractivity contribution in [2.24, 2.45) is 17.8 Å². The predicted molar refractivity (Wildman–Crippen MR) is 131 cm³/mol. The van der Waals surface area contributed by atoms with Gasteiger partial charge in [0, 0.05) is 22.6 Å². The highest BCUT2D eigenvalue weighted by molar-refractivity contribution is 7.99. The maximum absolute atomic E-state index is 13.2. The highest BCUT2D eigenvalue weighted by atomic mass is 32.2. The zero-order valence-corrected chi connectivity index (χ0v) is 21.2. The van der Waals surface area contributed by atoms with E-state index in [1.165, 1.54) is 0 Å². The molecule has 0 aromatic heterocycles. The van der Waals surface area contributed by atoms with Crippen molar-refractivity contribution in [3.8, 4) is 0 Å². The molecule has 0 N–H and O–H groups in total. The van der Waals surface area contributed by atoms with Crippen LogP contribution in [0.15, 0.2) is 35.2 Å². The van der Waals surface area contributed by atoms with Gasteiger partial charge in [-0.2, -0.15) is 8.42 Å². The molecule has 2 saturated carbocycles. The Hall–Kier alpha value is -1.98. The largest absolute Gasteiger partial charge is 0.356 e. The van der Waals surface area contributed by atoms with Crippen molar-refractivity contribution in [2.75, 3.05) is 31.5 Å². The first-order valence-corrected chi connectivity index (χ1v) is 14.6. The molecular weight excluding hydrogens is 490 g/mol. The minimum atomic E-state index is -4.10. The number of nitrogens with zero attached hydrogens (tertiary/aromatic N) is 1. The molecule has 3 aliphatic rings. The van der Waals surface area contributed by atoms with Crippen molar-refractivity contribution in [3.63, 3.8) is 0 Å². The van der Waals surface area contributed by atoms with Crippen LogP contribution in [0.4, 0.5) is 0 Å². The molecule has 3 unspecified atom stereocenters. The van der Waals surface area contributed by atoms with Crippen LogP contribution in [0.3, 0.4) is 0 Å². The van der Waals surface area contributed by atoms with E-state index in [1.54, 1.807) is 30.0 Å². The number of carbonyl (C=O) groups excluding carboxylic acids is 2. The van der Waals surface area contributed by atoms with Gasteiger partial charge in [-0.25, -0.2) is 0 Å². The summed E-state index contributed by atoms with van der Waals surface area (Å²) in [6, 6.07) is 8.62. The Kier molecular flexibility index (Phi) is 7.18. The molecule has 10 heteroatoms. The van der Waals surface area contributed by atoms with Crippen molar-refractivity contribution >= 4 is 44.5 Å². The first-order valence-electron chi connectivity index (χ1n) is 12.0. The number of hydrogen-bond donors (Lipinski definition) is 0. The molecule has 8 nitrogen and oxygen atoms in total. The average molecular weight is 520 g/mol. The molecule has 2 aromatic carbocycles. The Labute approximate surface area is 209 Å². The number of ether oxygens (including phenoxy) is 2. The van der Waals surface area contributed by atoms with E-state index in [9.17, 15) is 18.0 Å². The summed E-state index contributed by atoms with van der Waals surface area (Å²) in [6.45, 7) is 3.22. The second-order valence-electron chi connectivity index (χ2n) is 9.35. The van der Waals surface area contributed by atoms with Gasteiger partial charge in [0.05, 0.1) is 23.5 Å². The summed E-state index contributed by atoms with van der Waals surface area (Å²) < 4.78 is 41.5. The molecule has 2 aromatic rings. The van der Waals surface area contributed by atoms with Gasteiger partial charge in [0.15, 0.2) is 0 Å². The fraction of sp³-hybridized carbons (Fsp3) is 0.520. The van der Waals surface area contributed by atoms with E-state index >= 15 is 0 Å². The smallest absolute Gasteiger partial charge is 0.288 e. The second-order valence-corrected chi connectivity index (χ2v) is 12.1. The van der Waals surface area contributed by atoms with Crippen molar-refractivity contribution in [1.29, 1.82) is 0 Å². The van der Waals surface area contributed by atoms with Crippen molar-refractivity contribution < 1.29 is 31.8 Å². The number of hydrogen-bond acceptors (Lipinski definition) is 8. The quantitative estimate of drug-likeness (QED) is 0.188. The van der Waals surface area contributed by atoms with Crippen LogP contribution in [0, 0.1) is 17.8 Å². The molecule has 1 aliphatic heterocycles. The third-order valence-corrected chi connectivity index (χ3v) is 9.43. The third-order valence-electron chi connectivity index (χ3n) is 7.18. The Morgan fingerprint density at radius 1 is 1.03 bits per heavy atom. The minimum absolute atomic E-state index is 0.0292. The van der Waals surface area contributed by atoms with Gasteiger partial charge in [-0.3, -0.25) is 9.59 Å². The predicted octanol–water partition coefficient (Wildman–Crippen LogP) is 4.24. The van der Waals surface area contributed by atoms with Crippen LogP contribution in [-0.4, -0.2) is 56.8 Å². The summed E-state index contributed by atoms with van der Waals surface area (Å²) in [6.07, 6.45) is 4.14. The summed E-state index contributed by atoms with van der Waals surface area (Å²) in [5, 5.41) is 1.71. The van der Waals surface area contributed by atoms with Crippen LogP contribution in [0.1, 0.15) is 53.3 Å². The van der Waals surface area contributed by atoms with Gasteiger partial charge in [0.2, 0.25) is 0 Å². The Bertz CT molecular complexity index is 1220. The fourth-order valence-electron chi connectivity index (χ4n) is 5.64. The zero-order valence-electron chi connectivity index (χ0n) is 19.6. The summed E-state index contributed by atoms with van der Waals surface area (Å²) in [7, 11) is -4.10. The molecule has 0 radical (unpaired) electrons. The maximum Gasteiger partial charge on any atom is 0.288 e. The van der Waals surface area contributed by atoms with E-state index in [-0.39, 0.29) is 29.6 Å². The van der Waals surface area contributed by atoms with Crippen LogP contribution in [0.2, 0.25) is 0 Å². The molecule has 1 heterocycles. The summed E-state index contributed by atoms with van der Waals surface area (Å²) in [4.78, 5) is 27.3. The number of rotatable bonds is 11. The molecule has 5 rings (SSSR count). The molecule has 3 atom stereocenters. The Balaban J connectivity index is 1.33. The summed E-state index contributed by atoms with van der Waals surface area (Å²) in [5.74, 6) is 0.000387. The van der Waals surface area contributed by atoms with E-state index in [0.29, 0.717) is 41.3 Å². The first kappa shape index (κ1) is 24.7. The van der Waals surface area contributed by atoms with Gasteiger partial charge in [0.1, 0.15) is 6.79 Å². The number of hydroxylamine groups is 2. The van der Waals surface area contributed by atoms with Crippen molar-refractivity contribution in [2.45, 2.75) is 37.5 Å². The summed E-state index contributed by atoms with van der Waals surface area (Å²) >= 11 is 1.55. The summed E-state index contributed by atoms with van der Waals surface area (Å²) in [5.41, 5.74) is 0.504. The SMILES string of the molecule is CCOCOCCSc1ccc2c3c(cccc13)C(=O)N(OS(=O)(=O)CC1CC3CCC1C3)C2=O. The van der Waals surface area contributed by atoms with Crippen LogP contribution in [-0.2, 0) is 23.9 Å². The molecule has 2 bridgehead atoms. The molecule has 0 spiro atoms. The van der Waals surface area contributed by atoms with Gasteiger partial charge >= 0.3 is 0 Å². The van der Waals surface area contributed by atoms with Gasteiger partial charge < -0.3 is 9.47 Å². The number of imide groups is 1. The molecule has 2 amide bonds. The van der Waals surface area contributed by atoms with Crippen LogP contribution < -0.4 is 0 Å². The van der Waals surface area contributed by atoms with E-state index < -0.39 is 21.9 Å².